The molecule has 15 heavy (non-hydrogen) atoms. The van der Waals surface area contributed by atoms with Crippen molar-refractivity contribution >= 4 is 5.97 Å². The first-order valence-corrected chi connectivity index (χ1v) is 5.84. The Kier molecular flexibility index (Phi) is 3.59. The Labute approximate surface area is 91.0 Å². The molecule has 4 nitrogen and oxygen atoms in total. The minimum Gasteiger partial charge on any atom is -0.469 e. The van der Waals surface area contributed by atoms with Crippen LogP contribution in [0.5, 0.6) is 0 Å². The summed E-state index contributed by atoms with van der Waals surface area (Å²) in [5.41, 5.74) is 0. The second kappa shape index (κ2) is 4.94. The molecule has 86 valence electrons. The van der Waals surface area contributed by atoms with E-state index >= 15 is 0 Å². The van der Waals surface area contributed by atoms with Gasteiger partial charge in [-0.3, -0.25) is 9.69 Å². The van der Waals surface area contributed by atoms with Gasteiger partial charge in [-0.05, 0) is 38.9 Å². The van der Waals surface area contributed by atoms with Gasteiger partial charge in [0.25, 0.3) is 0 Å². The average molecular weight is 212 g/mol. The molecule has 0 bridgehead atoms. The molecule has 2 rings (SSSR count). The number of rotatable bonds is 2. The lowest BCUT2D eigenvalue weighted by molar-refractivity contribution is -0.145. The number of methoxy groups -OCH3 is 1. The summed E-state index contributed by atoms with van der Waals surface area (Å²) in [6.07, 6.45) is 3.40. The summed E-state index contributed by atoms with van der Waals surface area (Å²) in [6.45, 7) is 4.19. The molecule has 0 amide bonds. The van der Waals surface area contributed by atoms with Crippen LogP contribution in [0.1, 0.15) is 19.3 Å². The zero-order chi connectivity index (χ0) is 10.7. The van der Waals surface area contributed by atoms with E-state index in [0.29, 0.717) is 6.04 Å². The van der Waals surface area contributed by atoms with Crippen LogP contribution in [0.25, 0.3) is 0 Å². The van der Waals surface area contributed by atoms with Crippen molar-refractivity contribution < 1.29 is 9.53 Å². The maximum absolute atomic E-state index is 11.4. The van der Waals surface area contributed by atoms with Gasteiger partial charge in [-0.25, -0.2) is 0 Å². The third-order valence-corrected chi connectivity index (χ3v) is 3.58. The Balaban J connectivity index is 1.83. The van der Waals surface area contributed by atoms with Gasteiger partial charge >= 0.3 is 5.97 Å². The van der Waals surface area contributed by atoms with Gasteiger partial charge in [0.15, 0.2) is 0 Å². The quantitative estimate of drug-likeness (QED) is 0.665. The molecule has 2 fully saturated rings. The number of carbonyl (C=O) groups is 1. The number of piperidine rings is 1. The van der Waals surface area contributed by atoms with E-state index in [9.17, 15) is 4.79 Å². The normalized spacial score (nSPS) is 29.3. The number of nitrogens with one attached hydrogen (secondary N) is 1. The molecule has 0 unspecified atom stereocenters. The molecule has 0 saturated carbocycles. The predicted molar refractivity (Wildman–Crippen MR) is 57.6 cm³/mol. The fraction of sp³-hybridized carbons (Fsp3) is 0.909. The summed E-state index contributed by atoms with van der Waals surface area (Å²) >= 11 is 0. The number of hydrogen-bond donors (Lipinski definition) is 1. The molecule has 2 heterocycles. The predicted octanol–water partition coefficient (Wildman–Crippen LogP) is 0.233. The fourth-order valence-corrected chi connectivity index (χ4v) is 2.65. The summed E-state index contributed by atoms with van der Waals surface area (Å²) in [5.74, 6) is 0.0799. The van der Waals surface area contributed by atoms with Crippen LogP contribution in [0.3, 0.4) is 0 Å². The van der Waals surface area contributed by atoms with Crippen molar-refractivity contribution in [1.82, 2.24) is 10.2 Å². The standard InChI is InChI=1S/C11H20N2O2/c1-15-11(14)9-4-7-13(8-9)10-2-5-12-6-3-10/h9-10,12H,2-8H2,1H3/t9-/m0/s1. The first-order valence-electron chi connectivity index (χ1n) is 5.84. The smallest absolute Gasteiger partial charge is 0.310 e. The Morgan fingerprint density at radius 3 is 2.73 bits per heavy atom. The molecule has 1 atom stereocenters. The number of nitrogens with zero attached hydrogens (tertiary/aromatic N) is 1. The highest BCUT2D eigenvalue weighted by Crippen LogP contribution is 2.23. The topological polar surface area (TPSA) is 41.6 Å². The summed E-state index contributed by atoms with van der Waals surface area (Å²) in [6, 6.07) is 0.681. The van der Waals surface area contributed by atoms with E-state index in [1.54, 1.807) is 0 Å². The zero-order valence-corrected chi connectivity index (χ0v) is 9.37. The monoisotopic (exact) mass is 212 g/mol. The molecular weight excluding hydrogens is 192 g/mol. The Morgan fingerprint density at radius 2 is 2.07 bits per heavy atom. The lowest BCUT2D eigenvalue weighted by atomic mass is 10.1. The summed E-state index contributed by atoms with van der Waals surface area (Å²) in [4.78, 5) is 13.8. The van der Waals surface area contributed by atoms with Crippen molar-refractivity contribution in [2.75, 3.05) is 33.3 Å². The van der Waals surface area contributed by atoms with Crippen LogP contribution in [-0.2, 0) is 9.53 Å². The van der Waals surface area contributed by atoms with Crippen LogP contribution in [0.4, 0.5) is 0 Å². The summed E-state index contributed by atoms with van der Waals surface area (Å²) in [7, 11) is 1.48. The van der Waals surface area contributed by atoms with Crippen LogP contribution < -0.4 is 5.32 Å². The third-order valence-electron chi connectivity index (χ3n) is 3.58. The Bertz CT molecular complexity index is 227. The second-order valence-electron chi connectivity index (χ2n) is 4.48. The molecular formula is C11H20N2O2. The van der Waals surface area contributed by atoms with E-state index in [0.717, 1.165) is 32.6 Å². The van der Waals surface area contributed by atoms with Gasteiger partial charge in [-0.1, -0.05) is 0 Å². The molecule has 0 aliphatic carbocycles. The number of hydrogen-bond acceptors (Lipinski definition) is 4. The highest BCUT2D eigenvalue weighted by Gasteiger charge is 2.33. The minimum atomic E-state index is -0.0357. The lowest BCUT2D eigenvalue weighted by Crippen LogP contribution is -2.42. The third kappa shape index (κ3) is 2.49. The zero-order valence-electron chi connectivity index (χ0n) is 9.37. The maximum Gasteiger partial charge on any atom is 0.310 e. The Hall–Kier alpha value is -0.610. The molecule has 4 heteroatoms. The molecule has 0 spiro atoms. The van der Waals surface area contributed by atoms with Crippen LogP contribution in [0.2, 0.25) is 0 Å². The van der Waals surface area contributed by atoms with Crippen molar-refractivity contribution in [3.05, 3.63) is 0 Å². The molecule has 0 aromatic carbocycles. The minimum absolute atomic E-state index is 0.0357. The van der Waals surface area contributed by atoms with Crippen molar-refractivity contribution in [2.24, 2.45) is 5.92 Å². The van der Waals surface area contributed by atoms with E-state index in [4.69, 9.17) is 4.74 Å². The Morgan fingerprint density at radius 1 is 1.33 bits per heavy atom. The molecule has 1 N–H and O–H groups in total. The van der Waals surface area contributed by atoms with Gasteiger partial charge in [0.1, 0.15) is 0 Å². The second-order valence-corrected chi connectivity index (χ2v) is 4.48. The van der Waals surface area contributed by atoms with Gasteiger partial charge in [-0.2, -0.15) is 0 Å². The van der Waals surface area contributed by atoms with Crippen LogP contribution >= 0.6 is 0 Å². The van der Waals surface area contributed by atoms with E-state index in [1.165, 1.54) is 20.0 Å². The first kappa shape index (κ1) is 10.9. The average Bonchev–Trinajstić information content (AvgIpc) is 2.78. The van der Waals surface area contributed by atoms with Crippen LogP contribution in [0, 0.1) is 5.92 Å². The summed E-state index contributed by atoms with van der Waals surface area (Å²) < 4.78 is 4.79. The van der Waals surface area contributed by atoms with Gasteiger partial charge < -0.3 is 10.1 Å². The van der Waals surface area contributed by atoms with E-state index in [1.807, 2.05) is 0 Å². The van der Waals surface area contributed by atoms with Gasteiger partial charge in [-0.15, -0.1) is 0 Å². The highest BCUT2D eigenvalue weighted by molar-refractivity contribution is 5.72. The highest BCUT2D eigenvalue weighted by atomic mass is 16.5. The van der Waals surface area contributed by atoms with Crippen LogP contribution in [0.15, 0.2) is 0 Å². The van der Waals surface area contributed by atoms with E-state index < -0.39 is 0 Å². The molecule has 2 aliphatic rings. The molecule has 0 radical (unpaired) electrons. The van der Waals surface area contributed by atoms with E-state index in [2.05, 4.69) is 10.2 Å². The van der Waals surface area contributed by atoms with Crippen molar-refractivity contribution in [1.29, 1.82) is 0 Å². The number of esters is 1. The molecule has 2 saturated heterocycles. The number of likely N-dealkylation sites (tertiary alicyclic amines) is 1. The number of carbonyl (C=O) groups excluding carboxylic acids is 1. The van der Waals surface area contributed by atoms with Gasteiger partial charge in [0.2, 0.25) is 0 Å². The van der Waals surface area contributed by atoms with Crippen molar-refractivity contribution in [3.8, 4) is 0 Å². The fourth-order valence-electron chi connectivity index (χ4n) is 2.65. The SMILES string of the molecule is COC(=O)[C@H]1CCN(C2CCNCC2)C1. The molecule has 2 aliphatic heterocycles. The van der Waals surface area contributed by atoms with Gasteiger partial charge in [0.05, 0.1) is 13.0 Å². The van der Waals surface area contributed by atoms with Crippen molar-refractivity contribution in [2.45, 2.75) is 25.3 Å². The largest absolute Gasteiger partial charge is 0.469 e. The first-order chi connectivity index (χ1) is 7.31. The molecule has 0 aromatic rings. The number of ether oxygens (including phenoxy) is 1. The van der Waals surface area contributed by atoms with Gasteiger partial charge in [0, 0.05) is 12.6 Å². The molecule has 0 aromatic heterocycles. The lowest BCUT2D eigenvalue weighted by Gasteiger charge is -2.31. The van der Waals surface area contributed by atoms with E-state index in [-0.39, 0.29) is 11.9 Å². The van der Waals surface area contributed by atoms with Crippen LogP contribution in [-0.4, -0.2) is 50.2 Å². The maximum atomic E-state index is 11.4. The van der Waals surface area contributed by atoms with Crippen molar-refractivity contribution in [3.63, 3.8) is 0 Å². The summed E-state index contributed by atoms with van der Waals surface area (Å²) in [5, 5.41) is 3.37.